The van der Waals surface area contributed by atoms with Crippen LogP contribution in [0.4, 0.5) is 0 Å². The van der Waals surface area contributed by atoms with Crippen molar-refractivity contribution in [3.8, 4) is 0 Å². The van der Waals surface area contributed by atoms with Crippen LogP contribution in [0.2, 0.25) is 0 Å². The second-order valence-corrected chi connectivity index (χ2v) is 6.58. The number of carbonyl (C=O) groups excluding carboxylic acids is 1. The Balaban J connectivity index is 1.90. The molecule has 1 aromatic heterocycles. The molecule has 22 heavy (non-hydrogen) atoms. The van der Waals surface area contributed by atoms with Crippen LogP contribution in [0.1, 0.15) is 58.8 Å². The van der Waals surface area contributed by atoms with Crippen molar-refractivity contribution in [2.24, 2.45) is 0 Å². The van der Waals surface area contributed by atoms with Crippen LogP contribution in [-0.2, 0) is 18.4 Å². The molecule has 1 heterocycles. The molecule has 0 atom stereocenters. The summed E-state index contributed by atoms with van der Waals surface area (Å²) in [5, 5.41) is 7.14. The van der Waals surface area contributed by atoms with Crippen molar-refractivity contribution >= 4 is 5.91 Å². The van der Waals surface area contributed by atoms with E-state index in [0.29, 0.717) is 0 Å². The normalized spacial score (nSPS) is 14.0. The van der Waals surface area contributed by atoms with E-state index >= 15 is 0 Å². The Kier molecular flexibility index (Phi) is 3.55. The molecule has 4 heteroatoms. The Bertz CT molecular complexity index is 709. The second-order valence-electron chi connectivity index (χ2n) is 6.58. The van der Waals surface area contributed by atoms with Gasteiger partial charge in [0.15, 0.2) is 0 Å². The molecule has 3 rings (SSSR count). The van der Waals surface area contributed by atoms with E-state index < -0.39 is 5.54 Å². The van der Waals surface area contributed by atoms with Gasteiger partial charge in [-0.25, -0.2) is 0 Å². The van der Waals surface area contributed by atoms with Gasteiger partial charge in [-0.1, -0.05) is 17.3 Å². The molecule has 0 radical (unpaired) electrons. The summed E-state index contributed by atoms with van der Waals surface area (Å²) < 4.78 is 5.24. The van der Waals surface area contributed by atoms with E-state index in [4.69, 9.17) is 4.52 Å². The number of aromatic nitrogens is 1. The van der Waals surface area contributed by atoms with Crippen LogP contribution in [0.3, 0.4) is 0 Å². The first-order valence-corrected chi connectivity index (χ1v) is 7.77. The Labute approximate surface area is 130 Å². The highest BCUT2D eigenvalue weighted by Crippen LogP contribution is 2.29. The van der Waals surface area contributed by atoms with Crippen LogP contribution in [0.15, 0.2) is 22.7 Å². The summed E-state index contributed by atoms with van der Waals surface area (Å²) in [6.45, 7) is 7.75. The minimum atomic E-state index is -0.521. The fourth-order valence-corrected chi connectivity index (χ4v) is 3.62. The van der Waals surface area contributed by atoms with Crippen LogP contribution in [0.25, 0.3) is 0 Å². The molecule has 0 unspecified atom stereocenters. The van der Waals surface area contributed by atoms with E-state index in [1.165, 1.54) is 11.1 Å². The first-order chi connectivity index (χ1) is 10.4. The molecule has 1 aliphatic rings. The van der Waals surface area contributed by atoms with Crippen LogP contribution in [0.5, 0.6) is 0 Å². The van der Waals surface area contributed by atoms with Crippen LogP contribution < -0.4 is 5.32 Å². The van der Waals surface area contributed by atoms with Gasteiger partial charge < -0.3 is 9.84 Å². The van der Waals surface area contributed by atoms with E-state index in [1.807, 2.05) is 39.8 Å². The number of carbonyl (C=O) groups is 1. The SMILES string of the molecule is Cc1noc(C)c1C(C)(C)NC(=O)c1cccc2c1CCC2. The van der Waals surface area contributed by atoms with Gasteiger partial charge in [-0.05, 0) is 64.2 Å². The lowest BCUT2D eigenvalue weighted by molar-refractivity contribution is 0.0910. The monoisotopic (exact) mass is 298 g/mol. The van der Waals surface area contributed by atoms with Crippen molar-refractivity contribution in [2.75, 3.05) is 0 Å². The summed E-state index contributed by atoms with van der Waals surface area (Å²) >= 11 is 0. The molecule has 1 N–H and O–H groups in total. The second kappa shape index (κ2) is 5.27. The highest BCUT2D eigenvalue weighted by Gasteiger charge is 2.31. The molecule has 4 nitrogen and oxygen atoms in total. The minimum Gasteiger partial charge on any atom is -0.361 e. The number of aryl methyl sites for hydroxylation is 3. The number of benzene rings is 1. The van der Waals surface area contributed by atoms with Gasteiger partial charge in [0, 0.05) is 11.1 Å². The van der Waals surface area contributed by atoms with Gasteiger partial charge in [0.25, 0.3) is 5.91 Å². The number of fused-ring (bicyclic) bond motifs is 1. The summed E-state index contributed by atoms with van der Waals surface area (Å²) in [5.41, 5.74) is 4.56. The number of nitrogens with one attached hydrogen (secondary N) is 1. The summed E-state index contributed by atoms with van der Waals surface area (Å²) in [6, 6.07) is 6.02. The van der Waals surface area contributed by atoms with E-state index in [2.05, 4.69) is 16.5 Å². The van der Waals surface area contributed by atoms with Gasteiger partial charge in [0.05, 0.1) is 11.2 Å². The molecule has 0 fully saturated rings. The van der Waals surface area contributed by atoms with Gasteiger partial charge in [0.2, 0.25) is 0 Å². The van der Waals surface area contributed by atoms with E-state index in [0.717, 1.165) is 41.8 Å². The summed E-state index contributed by atoms with van der Waals surface area (Å²) in [6.07, 6.45) is 3.20. The smallest absolute Gasteiger partial charge is 0.252 e. The lowest BCUT2D eigenvalue weighted by Crippen LogP contribution is -2.42. The molecule has 0 spiro atoms. The third-order valence-electron chi connectivity index (χ3n) is 4.47. The molecule has 0 saturated heterocycles. The number of amides is 1. The lowest BCUT2D eigenvalue weighted by atomic mass is 9.91. The predicted molar refractivity (Wildman–Crippen MR) is 84.9 cm³/mol. The molecule has 0 aliphatic heterocycles. The molecular formula is C18H22N2O2. The van der Waals surface area contributed by atoms with Crippen molar-refractivity contribution in [3.05, 3.63) is 51.9 Å². The van der Waals surface area contributed by atoms with Crippen molar-refractivity contribution < 1.29 is 9.32 Å². The fourth-order valence-electron chi connectivity index (χ4n) is 3.62. The number of hydrogen-bond acceptors (Lipinski definition) is 3. The molecule has 0 bridgehead atoms. The number of rotatable bonds is 3. The molecule has 0 saturated carbocycles. The topological polar surface area (TPSA) is 55.1 Å². The Morgan fingerprint density at radius 3 is 2.73 bits per heavy atom. The molecule has 116 valence electrons. The predicted octanol–water partition coefficient (Wildman–Crippen LogP) is 3.45. The number of hydrogen-bond donors (Lipinski definition) is 1. The van der Waals surface area contributed by atoms with Gasteiger partial charge in [-0.3, -0.25) is 4.79 Å². The van der Waals surface area contributed by atoms with E-state index in [1.54, 1.807) is 0 Å². The van der Waals surface area contributed by atoms with Crippen molar-refractivity contribution in [1.29, 1.82) is 0 Å². The Hall–Kier alpha value is -2.10. The summed E-state index contributed by atoms with van der Waals surface area (Å²) in [4.78, 5) is 12.8. The third kappa shape index (κ3) is 2.43. The maximum atomic E-state index is 12.8. The molecule has 2 aromatic rings. The van der Waals surface area contributed by atoms with Crippen LogP contribution in [0, 0.1) is 13.8 Å². The standard InChI is InChI=1S/C18H22N2O2/c1-11-16(12(2)22-20-11)18(3,4)19-17(21)15-10-6-8-13-7-5-9-14(13)15/h6,8,10H,5,7,9H2,1-4H3,(H,19,21). The zero-order valence-electron chi connectivity index (χ0n) is 13.6. The molecule has 1 aromatic carbocycles. The molecule has 1 amide bonds. The van der Waals surface area contributed by atoms with Gasteiger partial charge >= 0.3 is 0 Å². The molecule has 1 aliphatic carbocycles. The van der Waals surface area contributed by atoms with E-state index in [-0.39, 0.29) is 5.91 Å². The maximum absolute atomic E-state index is 12.8. The minimum absolute atomic E-state index is 0.0243. The molecular weight excluding hydrogens is 276 g/mol. The zero-order valence-corrected chi connectivity index (χ0v) is 13.6. The van der Waals surface area contributed by atoms with Crippen molar-refractivity contribution in [2.45, 2.75) is 52.5 Å². The summed E-state index contributed by atoms with van der Waals surface area (Å²) in [5.74, 6) is 0.727. The van der Waals surface area contributed by atoms with Gasteiger partial charge in [-0.2, -0.15) is 0 Å². The Morgan fingerprint density at radius 1 is 1.27 bits per heavy atom. The first kappa shape index (κ1) is 14.8. The average Bonchev–Trinajstić information content (AvgIpc) is 3.04. The number of nitrogens with zero attached hydrogens (tertiary/aromatic N) is 1. The van der Waals surface area contributed by atoms with E-state index in [9.17, 15) is 4.79 Å². The van der Waals surface area contributed by atoms with Gasteiger partial charge in [0.1, 0.15) is 5.76 Å². The van der Waals surface area contributed by atoms with Gasteiger partial charge in [-0.15, -0.1) is 0 Å². The van der Waals surface area contributed by atoms with Crippen molar-refractivity contribution in [3.63, 3.8) is 0 Å². The zero-order chi connectivity index (χ0) is 15.9. The fraction of sp³-hybridized carbons (Fsp3) is 0.444. The van der Waals surface area contributed by atoms with Crippen molar-refractivity contribution in [1.82, 2.24) is 10.5 Å². The highest BCUT2D eigenvalue weighted by atomic mass is 16.5. The lowest BCUT2D eigenvalue weighted by Gasteiger charge is -2.27. The van der Waals surface area contributed by atoms with Crippen LogP contribution in [-0.4, -0.2) is 11.1 Å². The third-order valence-corrected chi connectivity index (χ3v) is 4.47. The first-order valence-electron chi connectivity index (χ1n) is 7.77. The maximum Gasteiger partial charge on any atom is 0.252 e. The Morgan fingerprint density at radius 2 is 2.05 bits per heavy atom. The highest BCUT2D eigenvalue weighted by molar-refractivity contribution is 5.96. The van der Waals surface area contributed by atoms with Crippen LogP contribution >= 0.6 is 0 Å². The summed E-state index contributed by atoms with van der Waals surface area (Å²) in [7, 11) is 0. The average molecular weight is 298 g/mol. The quantitative estimate of drug-likeness (QED) is 0.944. The largest absolute Gasteiger partial charge is 0.361 e.